The maximum atomic E-state index is 14.9. The molecule has 6 rings (SSSR count). The summed E-state index contributed by atoms with van der Waals surface area (Å²) < 4.78 is 43.0. The molecule has 4 heterocycles. The summed E-state index contributed by atoms with van der Waals surface area (Å²) in [6.45, 7) is 2.70. The van der Waals surface area contributed by atoms with E-state index in [1.165, 1.54) is 31.9 Å². The molecule has 220 valence electrons. The lowest BCUT2D eigenvalue weighted by Gasteiger charge is -2.17. The van der Waals surface area contributed by atoms with Crippen LogP contribution in [0.3, 0.4) is 0 Å². The van der Waals surface area contributed by atoms with Gasteiger partial charge in [-0.2, -0.15) is 5.10 Å². The molecule has 0 bridgehead atoms. The van der Waals surface area contributed by atoms with Crippen molar-refractivity contribution in [3.8, 4) is 17.2 Å². The number of nitrogens with one attached hydrogen (secondary N) is 2. The molecule has 1 saturated heterocycles. The summed E-state index contributed by atoms with van der Waals surface area (Å²) in [5.41, 5.74) is 2.08. The van der Waals surface area contributed by atoms with Gasteiger partial charge in [-0.25, -0.2) is 28.2 Å². The van der Waals surface area contributed by atoms with Crippen LogP contribution < -0.4 is 20.1 Å². The highest BCUT2D eigenvalue weighted by atomic mass is 19.1. The number of carbonyl (C=O) groups excluding carboxylic acids is 1. The van der Waals surface area contributed by atoms with Crippen LogP contribution in [0.25, 0.3) is 16.6 Å². The fraction of sp³-hybridized carbons (Fsp3) is 0.233. The van der Waals surface area contributed by atoms with Crippen LogP contribution >= 0.6 is 0 Å². The number of pyridine rings is 1. The Labute approximate surface area is 245 Å². The monoisotopic (exact) mass is 586 g/mol. The maximum Gasteiger partial charge on any atom is 0.284 e. The number of ether oxygens (including phenoxy) is 2. The number of likely N-dealkylation sites (N-methyl/N-ethyl adjacent to an activating group) is 1. The number of aromatic nitrogens is 5. The summed E-state index contributed by atoms with van der Waals surface area (Å²) in [5, 5.41) is 10.0. The predicted octanol–water partition coefficient (Wildman–Crippen LogP) is 5.55. The van der Waals surface area contributed by atoms with Crippen LogP contribution in [0.2, 0.25) is 0 Å². The third kappa shape index (κ3) is 5.79. The van der Waals surface area contributed by atoms with Gasteiger partial charge in [0.15, 0.2) is 11.5 Å². The van der Waals surface area contributed by atoms with Crippen LogP contribution in [0.4, 0.5) is 26.0 Å². The third-order valence-corrected chi connectivity index (χ3v) is 7.33. The van der Waals surface area contributed by atoms with Crippen LogP contribution in [0, 0.1) is 12.7 Å². The first-order valence-corrected chi connectivity index (χ1v) is 13.5. The number of benzene rings is 2. The molecule has 0 radical (unpaired) electrons. The molecule has 3 aromatic heterocycles. The number of nitrogens with zero attached hydrogens (tertiary/aromatic N) is 6. The van der Waals surface area contributed by atoms with E-state index in [1.807, 2.05) is 24.9 Å². The molecule has 1 aliphatic heterocycles. The van der Waals surface area contributed by atoms with E-state index < -0.39 is 17.6 Å². The second-order valence-electron chi connectivity index (χ2n) is 10.2. The molecular formula is C30H28F2N8O3. The maximum absolute atomic E-state index is 14.9. The standard InChI is InChI=1S/C30H28F2N8O3/c1-17-9-25(27(42-3)14-26(17)43-19-6-8-40-28(11-19)34-16-36-40)37-29-20-12-24(21(31)13-23(20)33-15-35-29)38-30(41)22(32)10-18-5-4-7-39(18)2/h6,8-16,18H,4-5,7H2,1-3H3,(H,38,41)(H,33,35,37)/b22-10+/t18-/m1/s1. The molecule has 13 heteroatoms. The van der Waals surface area contributed by atoms with E-state index in [1.54, 1.807) is 28.9 Å². The Morgan fingerprint density at radius 2 is 1.95 bits per heavy atom. The van der Waals surface area contributed by atoms with Gasteiger partial charge in [-0.3, -0.25) is 9.69 Å². The van der Waals surface area contributed by atoms with Gasteiger partial charge in [0, 0.05) is 35.8 Å². The van der Waals surface area contributed by atoms with E-state index in [4.69, 9.17) is 9.47 Å². The first-order valence-electron chi connectivity index (χ1n) is 13.5. The highest BCUT2D eigenvalue weighted by Gasteiger charge is 2.22. The van der Waals surface area contributed by atoms with E-state index in [0.29, 0.717) is 39.8 Å². The average molecular weight is 587 g/mol. The van der Waals surface area contributed by atoms with Crippen molar-refractivity contribution in [2.45, 2.75) is 25.8 Å². The van der Waals surface area contributed by atoms with Crippen molar-refractivity contribution < 1.29 is 23.0 Å². The lowest BCUT2D eigenvalue weighted by Crippen LogP contribution is -2.24. The number of likely N-dealkylation sites (tertiary alicyclic amines) is 1. The number of hydrogen-bond acceptors (Lipinski definition) is 9. The van der Waals surface area contributed by atoms with Crippen molar-refractivity contribution in [2.24, 2.45) is 0 Å². The quantitative estimate of drug-likeness (QED) is 0.226. The molecule has 0 saturated carbocycles. The number of methoxy groups -OCH3 is 1. The Kier molecular flexibility index (Phi) is 7.55. The SMILES string of the molecule is COc1cc(Oc2ccn3ncnc3c2)c(C)cc1Nc1ncnc2cc(F)c(NC(=O)/C(F)=C\[C@H]3CCCN3C)cc12. The molecule has 1 atom stereocenters. The summed E-state index contributed by atoms with van der Waals surface area (Å²) in [6, 6.07) is 9.46. The number of halogens is 2. The Morgan fingerprint density at radius 1 is 1.09 bits per heavy atom. The predicted molar refractivity (Wildman–Crippen MR) is 157 cm³/mol. The zero-order valence-corrected chi connectivity index (χ0v) is 23.6. The number of aryl methyl sites for hydroxylation is 1. The number of carbonyl (C=O) groups is 1. The van der Waals surface area contributed by atoms with Gasteiger partial charge in [0.25, 0.3) is 5.91 Å². The molecule has 2 aromatic carbocycles. The molecule has 11 nitrogen and oxygen atoms in total. The smallest absolute Gasteiger partial charge is 0.284 e. The minimum Gasteiger partial charge on any atom is -0.494 e. The van der Waals surface area contributed by atoms with E-state index in [9.17, 15) is 13.6 Å². The van der Waals surface area contributed by atoms with E-state index >= 15 is 0 Å². The highest BCUT2D eigenvalue weighted by Crippen LogP contribution is 2.38. The second kappa shape index (κ2) is 11.6. The fourth-order valence-corrected chi connectivity index (χ4v) is 5.01. The summed E-state index contributed by atoms with van der Waals surface area (Å²) in [4.78, 5) is 27.2. The molecule has 0 spiro atoms. The Balaban J connectivity index is 1.27. The minimum absolute atomic E-state index is 0.177. The van der Waals surface area contributed by atoms with Crippen molar-refractivity contribution in [1.82, 2.24) is 29.5 Å². The molecule has 5 aromatic rings. The lowest BCUT2D eigenvalue weighted by atomic mass is 10.1. The van der Waals surface area contributed by atoms with E-state index in [0.717, 1.165) is 31.0 Å². The molecule has 2 N–H and O–H groups in total. The van der Waals surface area contributed by atoms with Crippen molar-refractivity contribution >= 4 is 39.6 Å². The molecule has 1 fully saturated rings. The van der Waals surface area contributed by atoms with Gasteiger partial charge >= 0.3 is 0 Å². The van der Waals surface area contributed by atoms with Crippen molar-refractivity contribution in [2.75, 3.05) is 31.3 Å². The molecule has 1 amide bonds. The third-order valence-electron chi connectivity index (χ3n) is 7.33. The Morgan fingerprint density at radius 3 is 2.74 bits per heavy atom. The molecular weight excluding hydrogens is 558 g/mol. The van der Waals surface area contributed by atoms with Crippen molar-refractivity contribution in [3.63, 3.8) is 0 Å². The van der Waals surface area contributed by atoms with Gasteiger partial charge < -0.3 is 20.1 Å². The van der Waals surface area contributed by atoms with Gasteiger partial charge in [-0.1, -0.05) is 0 Å². The largest absolute Gasteiger partial charge is 0.494 e. The van der Waals surface area contributed by atoms with Gasteiger partial charge in [0.05, 0.1) is 24.0 Å². The van der Waals surface area contributed by atoms with Crippen molar-refractivity contribution in [3.05, 3.63) is 78.5 Å². The lowest BCUT2D eigenvalue weighted by molar-refractivity contribution is -0.114. The first kappa shape index (κ1) is 28.0. The van der Waals surface area contributed by atoms with Crippen LogP contribution in [0.5, 0.6) is 17.2 Å². The second-order valence-corrected chi connectivity index (χ2v) is 10.2. The zero-order valence-electron chi connectivity index (χ0n) is 23.6. The van der Waals surface area contributed by atoms with Crippen molar-refractivity contribution in [1.29, 1.82) is 0 Å². The van der Waals surface area contributed by atoms with Gasteiger partial charge in [0.2, 0.25) is 0 Å². The number of fused-ring (bicyclic) bond motifs is 2. The number of rotatable bonds is 8. The average Bonchev–Trinajstić information content (AvgIpc) is 3.63. The van der Waals surface area contributed by atoms with E-state index in [-0.39, 0.29) is 17.2 Å². The van der Waals surface area contributed by atoms with Gasteiger partial charge in [-0.15, -0.1) is 0 Å². The molecule has 1 aliphatic rings. The van der Waals surface area contributed by atoms with Crippen LogP contribution in [-0.2, 0) is 4.79 Å². The molecule has 43 heavy (non-hydrogen) atoms. The summed E-state index contributed by atoms with van der Waals surface area (Å²) in [7, 11) is 3.39. The summed E-state index contributed by atoms with van der Waals surface area (Å²) in [6.07, 6.45) is 7.44. The first-order chi connectivity index (χ1) is 20.8. The van der Waals surface area contributed by atoms with Crippen LogP contribution in [0.15, 0.2) is 67.2 Å². The van der Waals surface area contributed by atoms with Gasteiger partial charge in [-0.05, 0) is 63.2 Å². The molecule has 0 aliphatic carbocycles. The topological polar surface area (TPSA) is 119 Å². The number of hydrogen-bond donors (Lipinski definition) is 2. The minimum atomic E-state index is -1.03. The van der Waals surface area contributed by atoms with Gasteiger partial charge in [0.1, 0.15) is 41.5 Å². The summed E-state index contributed by atoms with van der Waals surface area (Å²) >= 11 is 0. The number of amides is 1. The zero-order chi connectivity index (χ0) is 30.1. The van der Waals surface area contributed by atoms with Crippen LogP contribution in [0.1, 0.15) is 18.4 Å². The number of anilines is 3. The van der Waals surface area contributed by atoms with E-state index in [2.05, 4.69) is 30.7 Å². The molecule has 0 unspecified atom stereocenters. The normalized spacial score (nSPS) is 15.7. The Hall–Kier alpha value is -5.17. The highest BCUT2D eigenvalue weighted by molar-refractivity contribution is 6.04. The Bertz CT molecular complexity index is 1880. The van der Waals surface area contributed by atoms with Crippen LogP contribution in [-0.4, -0.2) is 62.1 Å². The fourth-order valence-electron chi connectivity index (χ4n) is 5.01. The summed E-state index contributed by atoms with van der Waals surface area (Å²) in [5.74, 6) is -0.833.